The molecule has 25 heavy (non-hydrogen) atoms. The molecule has 5 rings (SSSR count). The minimum atomic E-state index is -0.787. The van der Waals surface area contributed by atoms with Crippen molar-refractivity contribution < 1.29 is 14.5 Å². The number of carbonyl (C=O) groups is 1. The summed E-state index contributed by atoms with van der Waals surface area (Å²) in [5.74, 6) is -0.787. The first kappa shape index (κ1) is 15.0. The second-order valence-electron chi connectivity index (χ2n) is 6.13. The largest absolute Gasteiger partial charge is 0.481 e. The van der Waals surface area contributed by atoms with Crippen LogP contribution in [0.3, 0.4) is 0 Å². The lowest BCUT2D eigenvalue weighted by molar-refractivity contribution is -0.665. The van der Waals surface area contributed by atoms with Crippen LogP contribution in [0.15, 0.2) is 52.4 Å². The molecule has 4 nitrogen and oxygen atoms in total. The Morgan fingerprint density at radius 1 is 1.20 bits per heavy atom. The molecule has 6 heteroatoms. The molecule has 3 heterocycles. The number of hydrogen-bond donors (Lipinski definition) is 1. The van der Waals surface area contributed by atoms with Crippen molar-refractivity contribution in [3.8, 4) is 0 Å². The second-order valence-corrected chi connectivity index (χ2v) is 8.25. The molecule has 3 aromatic rings. The van der Waals surface area contributed by atoms with Crippen LogP contribution < -0.4 is 9.47 Å². The van der Waals surface area contributed by atoms with Gasteiger partial charge in [0.1, 0.15) is 4.70 Å². The maximum atomic E-state index is 11.2. The number of para-hydroxylation sites is 2. The second kappa shape index (κ2) is 5.61. The van der Waals surface area contributed by atoms with E-state index in [4.69, 9.17) is 0 Å². The normalized spacial score (nSPS) is 15.4. The highest BCUT2D eigenvalue weighted by molar-refractivity contribution is 8.03. The summed E-state index contributed by atoms with van der Waals surface area (Å²) in [6.45, 7) is 1.74. The average molecular weight is 367 g/mol. The minimum Gasteiger partial charge on any atom is -0.481 e. The molecule has 0 saturated carbocycles. The molecular formula is C19H15N2O2S2+. The fourth-order valence-electron chi connectivity index (χ4n) is 3.57. The van der Waals surface area contributed by atoms with Crippen molar-refractivity contribution in [3.05, 3.63) is 58.1 Å². The van der Waals surface area contributed by atoms with Crippen LogP contribution in [0, 0.1) is 0 Å². The molecule has 0 aliphatic carbocycles. The van der Waals surface area contributed by atoms with Crippen LogP contribution >= 0.6 is 23.1 Å². The maximum absolute atomic E-state index is 11.2. The molecule has 0 amide bonds. The van der Waals surface area contributed by atoms with Gasteiger partial charge in [0.2, 0.25) is 5.52 Å². The number of aliphatic carboxylic acids is 1. The lowest BCUT2D eigenvalue weighted by Gasteiger charge is -2.16. The van der Waals surface area contributed by atoms with Gasteiger partial charge in [-0.25, -0.2) is 0 Å². The van der Waals surface area contributed by atoms with Crippen molar-refractivity contribution in [2.24, 2.45) is 0 Å². The molecule has 0 spiro atoms. The SMILES string of the molecule is O=C(O)Cc1cccc2sc3[n+](c12)CCN1C(=C3)Sc2ccccc21. The first-order valence-electron chi connectivity index (χ1n) is 8.13. The number of carboxylic acid groups (broad SMARTS) is 1. The van der Waals surface area contributed by atoms with Gasteiger partial charge < -0.3 is 10.0 Å². The highest BCUT2D eigenvalue weighted by Crippen LogP contribution is 2.47. The van der Waals surface area contributed by atoms with Crippen LogP contribution in [0.1, 0.15) is 10.6 Å². The van der Waals surface area contributed by atoms with Gasteiger partial charge in [0, 0.05) is 10.5 Å². The zero-order valence-corrected chi connectivity index (χ0v) is 14.9. The zero-order chi connectivity index (χ0) is 17.0. The highest BCUT2D eigenvalue weighted by atomic mass is 32.2. The molecule has 0 fully saturated rings. The van der Waals surface area contributed by atoms with E-state index in [0.717, 1.165) is 28.9 Å². The van der Waals surface area contributed by atoms with Crippen molar-refractivity contribution in [1.29, 1.82) is 0 Å². The monoisotopic (exact) mass is 367 g/mol. The van der Waals surface area contributed by atoms with Gasteiger partial charge in [-0.3, -0.25) is 4.79 Å². The van der Waals surface area contributed by atoms with E-state index in [1.807, 2.05) is 23.9 Å². The summed E-state index contributed by atoms with van der Waals surface area (Å²) in [7, 11) is 0. The van der Waals surface area contributed by atoms with Gasteiger partial charge in [0.05, 0.1) is 29.8 Å². The van der Waals surface area contributed by atoms with E-state index >= 15 is 0 Å². The predicted octanol–water partition coefficient (Wildman–Crippen LogP) is 3.74. The lowest BCUT2D eigenvalue weighted by Crippen LogP contribution is -2.39. The van der Waals surface area contributed by atoms with Crippen molar-refractivity contribution in [2.75, 3.05) is 11.4 Å². The van der Waals surface area contributed by atoms with Gasteiger partial charge in [-0.1, -0.05) is 47.4 Å². The van der Waals surface area contributed by atoms with Gasteiger partial charge in [0.25, 0.3) is 5.01 Å². The summed E-state index contributed by atoms with van der Waals surface area (Å²) >= 11 is 3.54. The van der Waals surface area contributed by atoms with Crippen molar-refractivity contribution in [1.82, 2.24) is 0 Å². The number of nitrogens with zero attached hydrogens (tertiary/aromatic N) is 2. The quantitative estimate of drug-likeness (QED) is 0.701. The summed E-state index contributed by atoms with van der Waals surface area (Å²) in [4.78, 5) is 14.9. The zero-order valence-electron chi connectivity index (χ0n) is 13.3. The smallest absolute Gasteiger partial charge is 0.308 e. The molecule has 1 N–H and O–H groups in total. The molecule has 0 saturated heterocycles. The Labute approximate surface area is 153 Å². The Morgan fingerprint density at radius 3 is 2.96 bits per heavy atom. The number of aromatic nitrogens is 1. The van der Waals surface area contributed by atoms with E-state index in [1.165, 1.54) is 20.6 Å². The van der Waals surface area contributed by atoms with E-state index in [-0.39, 0.29) is 6.42 Å². The first-order valence-corrected chi connectivity index (χ1v) is 9.76. The molecule has 0 unspecified atom stereocenters. The van der Waals surface area contributed by atoms with E-state index < -0.39 is 5.97 Å². The van der Waals surface area contributed by atoms with Crippen LogP contribution in [0.5, 0.6) is 0 Å². The first-order chi connectivity index (χ1) is 12.2. The standard InChI is InChI=1S/C19H14N2O2S2/c22-18(23)10-12-4-3-7-15-19(12)21-9-8-20-13-5-1-2-6-14(13)24-16(20)11-17(21)25-15/h1-7,11H,8-10H2/p+1. The van der Waals surface area contributed by atoms with E-state index in [2.05, 4.69) is 45.9 Å². The molecule has 2 aromatic carbocycles. The van der Waals surface area contributed by atoms with Crippen molar-refractivity contribution >= 4 is 51.0 Å². The number of thioether (sulfide) groups is 1. The molecule has 2 aliphatic heterocycles. The number of fused-ring (bicyclic) bond motifs is 6. The van der Waals surface area contributed by atoms with Gasteiger partial charge in [-0.15, -0.1) is 0 Å². The topological polar surface area (TPSA) is 44.4 Å². The number of carboxylic acids is 1. The average Bonchev–Trinajstić information content (AvgIpc) is 3.06. The summed E-state index contributed by atoms with van der Waals surface area (Å²) in [5.41, 5.74) is 3.23. The van der Waals surface area contributed by atoms with Crippen LogP contribution in [0.25, 0.3) is 16.3 Å². The molecule has 2 aliphatic rings. The fraction of sp³-hybridized carbons (Fsp3) is 0.158. The molecular weight excluding hydrogens is 352 g/mol. The maximum Gasteiger partial charge on any atom is 0.308 e. The summed E-state index contributed by atoms with van der Waals surface area (Å²) < 4.78 is 3.44. The van der Waals surface area contributed by atoms with Crippen LogP contribution in [0.4, 0.5) is 5.69 Å². The Morgan fingerprint density at radius 2 is 2.08 bits per heavy atom. The summed E-state index contributed by atoms with van der Waals surface area (Å²) in [6.07, 6.45) is 2.30. The number of rotatable bonds is 2. The third kappa shape index (κ3) is 2.36. The summed E-state index contributed by atoms with van der Waals surface area (Å²) in [5, 5.41) is 11.7. The third-order valence-corrected chi connectivity index (χ3v) is 6.81. The van der Waals surface area contributed by atoms with Crippen molar-refractivity contribution in [2.45, 2.75) is 17.9 Å². The lowest BCUT2D eigenvalue weighted by atomic mass is 10.1. The fourth-order valence-corrected chi connectivity index (χ4v) is 5.94. The highest BCUT2D eigenvalue weighted by Gasteiger charge is 2.32. The number of hydrogen-bond acceptors (Lipinski definition) is 4. The van der Waals surface area contributed by atoms with Crippen LogP contribution in [0.2, 0.25) is 0 Å². The van der Waals surface area contributed by atoms with E-state index in [0.29, 0.717) is 0 Å². The molecule has 1 aromatic heterocycles. The summed E-state index contributed by atoms with van der Waals surface area (Å²) in [6, 6.07) is 14.5. The Balaban J connectivity index is 1.65. The third-order valence-electron chi connectivity index (χ3n) is 4.61. The number of thiazole rings is 1. The van der Waals surface area contributed by atoms with Crippen molar-refractivity contribution in [3.63, 3.8) is 0 Å². The van der Waals surface area contributed by atoms with Crippen LogP contribution in [-0.4, -0.2) is 17.6 Å². The van der Waals surface area contributed by atoms with Gasteiger partial charge in [0.15, 0.2) is 6.54 Å². The van der Waals surface area contributed by atoms with E-state index in [1.54, 1.807) is 11.3 Å². The molecule has 0 radical (unpaired) electrons. The minimum absolute atomic E-state index is 0.0609. The Kier molecular flexibility index (Phi) is 3.36. The van der Waals surface area contributed by atoms with Crippen LogP contribution in [-0.2, 0) is 17.8 Å². The molecule has 0 atom stereocenters. The number of benzene rings is 2. The Bertz CT molecular complexity index is 1050. The van der Waals surface area contributed by atoms with E-state index in [9.17, 15) is 9.90 Å². The number of anilines is 1. The molecule has 124 valence electrons. The van der Waals surface area contributed by atoms with Gasteiger partial charge in [-0.2, -0.15) is 4.57 Å². The van der Waals surface area contributed by atoms with Gasteiger partial charge >= 0.3 is 5.97 Å². The predicted molar refractivity (Wildman–Crippen MR) is 101 cm³/mol. The Hall–Kier alpha value is -2.31. The van der Waals surface area contributed by atoms with Gasteiger partial charge in [-0.05, 0) is 18.2 Å². The molecule has 0 bridgehead atoms.